The van der Waals surface area contributed by atoms with E-state index in [-0.39, 0.29) is 0 Å². The molecule has 8 heteroatoms. The van der Waals surface area contributed by atoms with E-state index in [1.807, 2.05) is 13.0 Å². The summed E-state index contributed by atoms with van der Waals surface area (Å²) in [6.45, 7) is 3.55. The molecule has 19 heavy (non-hydrogen) atoms. The number of hydrogen-bond donors (Lipinski definition) is 2. The number of nitrogens with zero attached hydrogens (tertiary/aromatic N) is 2. The average molecular weight is 300 g/mol. The van der Waals surface area contributed by atoms with E-state index in [2.05, 4.69) is 15.1 Å². The van der Waals surface area contributed by atoms with Crippen molar-refractivity contribution in [3.63, 3.8) is 0 Å². The second kappa shape index (κ2) is 5.72. The van der Waals surface area contributed by atoms with Gasteiger partial charge in [0.2, 0.25) is 0 Å². The number of nitrogens with one attached hydrogen (secondary N) is 2. The Morgan fingerprint density at radius 2 is 2.21 bits per heavy atom. The van der Waals surface area contributed by atoms with Gasteiger partial charge in [-0.2, -0.15) is 5.10 Å². The normalized spacial score (nSPS) is 11.7. The van der Waals surface area contributed by atoms with Crippen LogP contribution in [-0.4, -0.2) is 24.7 Å². The van der Waals surface area contributed by atoms with Crippen LogP contribution in [0.15, 0.2) is 28.7 Å². The van der Waals surface area contributed by atoms with Crippen LogP contribution in [0.3, 0.4) is 0 Å². The average Bonchev–Trinajstić information content (AvgIpc) is 2.95. The monoisotopic (exact) mass is 300 g/mol. The highest BCUT2D eigenvalue weighted by Gasteiger charge is 2.17. The van der Waals surface area contributed by atoms with Crippen LogP contribution in [0.5, 0.6) is 0 Å². The molecule has 0 saturated heterocycles. The van der Waals surface area contributed by atoms with Gasteiger partial charge < -0.3 is 5.32 Å². The fraction of sp³-hybridized carbons (Fsp3) is 0.364. The van der Waals surface area contributed by atoms with E-state index >= 15 is 0 Å². The van der Waals surface area contributed by atoms with Crippen LogP contribution >= 0.6 is 11.3 Å². The van der Waals surface area contributed by atoms with Crippen molar-refractivity contribution in [1.29, 1.82) is 0 Å². The third-order valence-corrected chi connectivity index (χ3v) is 5.37. The molecule has 0 fully saturated rings. The summed E-state index contributed by atoms with van der Waals surface area (Å²) >= 11 is 1.27. The molecule has 2 aromatic heterocycles. The van der Waals surface area contributed by atoms with Crippen LogP contribution in [0, 0.1) is 0 Å². The smallest absolute Gasteiger partial charge is 0.271 e. The van der Waals surface area contributed by atoms with Crippen molar-refractivity contribution in [1.82, 2.24) is 15.1 Å². The molecule has 0 radical (unpaired) electrons. The first-order valence-electron chi connectivity index (χ1n) is 5.82. The standard InChI is InChI=1S/C11H16N4O2S2/c1-3-12-7-10-4-5-11(18-10)19(16,17)14-9-6-13-15(2)8-9/h4-6,8,12,14H,3,7H2,1-2H3. The van der Waals surface area contributed by atoms with E-state index in [0.717, 1.165) is 11.4 Å². The van der Waals surface area contributed by atoms with Crippen molar-refractivity contribution < 1.29 is 8.42 Å². The van der Waals surface area contributed by atoms with Gasteiger partial charge >= 0.3 is 0 Å². The minimum absolute atomic E-state index is 0.309. The third kappa shape index (κ3) is 3.55. The maximum atomic E-state index is 12.1. The molecular formula is C11H16N4O2S2. The molecule has 2 N–H and O–H groups in total. The number of rotatable bonds is 6. The van der Waals surface area contributed by atoms with Gasteiger partial charge in [0.25, 0.3) is 10.0 Å². The number of sulfonamides is 1. The molecule has 2 aromatic rings. The van der Waals surface area contributed by atoms with Crippen LogP contribution in [0.2, 0.25) is 0 Å². The number of anilines is 1. The van der Waals surface area contributed by atoms with E-state index in [0.29, 0.717) is 16.4 Å². The van der Waals surface area contributed by atoms with E-state index in [1.165, 1.54) is 17.5 Å². The molecule has 0 saturated carbocycles. The van der Waals surface area contributed by atoms with Gasteiger partial charge in [-0.25, -0.2) is 8.42 Å². The number of aryl methyl sites for hydroxylation is 1. The molecule has 0 aliphatic carbocycles. The van der Waals surface area contributed by atoms with Crippen molar-refractivity contribution in [3.8, 4) is 0 Å². The molecule has 0 amide bonds. The Kier molecular flexibility index (Phi) is 4.23. The van der Waals surface area contributed by atoms with Gasteiger partial charge in [-0.1, -0.05) is 6.92 Å². The Hall–Kier alpha value is -1.38. The molecule has 0 aromatic carbocycles. The summed E-state index contributed by atoms with van der Waals surface area (Å²) in [5.74, 6) is 0. The lowest BCUT2D eigenvalue weighted by Crippen LogP contribution is -2.11. The summed E-state index contributed by atoms with van der Waals surface area (Å²) in [5, 5.41) is 7.09. The highest BCUT2D eigenvalue weighted by molar-refractivity contribution is 7.94. The van der Waals surface area contributed by atoms with Crippen LogP contribution in [0.1, 0.15) is 11.8 Å². The summed E-state index contributed by atoms with van der Waals surface area (Å²) in [6.07, 6.45) is 3.09. The molecule has 2 rings (SSSR count). The summed E-state index contributed by atoms with van der Waals surface area (Å²) < 4.78 is 28.6. The Morgan fingerprint density at radius 1 is 1.42 bits per heavy atom. The molecule has 0 atom stereocenters. The van der Waals surface area contributed by atoms with Crippen molar-refractivity contribution in [3.05, 3.63) is 29.4 Å². The van der Waals surface area contributed by atoms with Crippen molar-refractivity contribution >= 4 is 27.0 Å². The van der Waals surface area contributed by atoms with Crippen molar-refractivity contribution in [2.75, 3.05) is 11.3 Å². The summed E-state index contributed by atoms with van der Waals surface area (Å²) in [6, 6.07) is 3.45. The van der Waals surface area contributed by atoms with Gasteiger partial charge in [0.05, 0.1) is 11.9 Å². The lowest BCUT2D eigenvalue weighted by molar-refractivity contribution is 0.603. The Labute approximate surface area is 116 Å². The SMILES string of the molecule is CCNCc1ccc(S(=O)(=O)Nc2cnn(C)c2)s1. The highest BCUT2D eigenvalue weighted by Crippen LogP contribution is 2.23. The Bertz CT molecular complexity index is 645. The largest absolute Gasteiger partial charge is 0.312 e. The molecule has 0 spiro atoms. The lowest BCUT2D eigenvalue weighted by Gasteiger charge is -2.02. The number of thiophene rings is 1. The number of hydrogen-bond acceptors (Lipinski definition) is 5. The van der Waals surface area contributed by atoms with E-state index in [1.54, 1.807) is 24.0 Å². The predicted octanol–water partition coefficient (Wildman–Crippen LogP) is 1.39. The topological polar surface area (TPSA) is 76.0 Å². The third-order valence-electron chi connectivity index (χ3n) is 2.41. The van der Waals surface area contributed by atoms with Gasteiger partial charge in [-0.15, -0.1) is 11.3 Å². The zero-order chi connectivity index (χ0) is 13.9. The van der Waals surface area contributed by atoms with Gasteiger partial charge in [-0.05, 0) is 18.7 Å². The summed E-state index contributed by atoms with van der Waals surface area (Å²) in [4.78, 5) is 0.994. The van der Waals surface area contributed by atoms with E-state index < -0.39 is 10.0 Å². The van der Waals surface area contributed by atoms with Gasteiger partial charge in [0, 0.05) is 24.7 Å². The van der Waals surface area contributed by atoms with Gasteiger partial charge in [-0.3, -0.25) is 9.40 Å². The molecule has 0 aliphatic rings. The predicted molar refractivity (Wildman–Crippen MR) is 75.7 cm³/mol. The zero-order valence-corrected chi connectivity index (χ0v) is 12.4. The van der Waals surface area contributed by atoms with Crippen molar-refractivity contribution in [2.24, 2.45) is 7.05 Å². The number of aromatic nitrogens is 2. The fourth-order valence-electron chi connectivity index (χ4n) is 1.53. The lowest BCUT2D eigenvalue weighted by atomic mass is 10.4. The first-order valence-corrected chi connectivity index (χ1v) is 8.12. The Morgan fingerprint density at radius 3 is 2.84 bits per heavy atom. The quantitative estimate of drug-likeness (QED) is 0.845. The first kappa shape index (κ1) is 14.0. The highest BCUT2D eigenvalue weighted by atomic mass is 32.2. The molecule has 104 valence electrons. The Balaban J connectivity index is 2.13. The molecule has 0 unspecified atom stereocenters. The first-order chi connectivity index (χ1) is 9.01. The molecular weight excluding hydrogens is 284 g/mol. The van der Waals surface area contributed by atoms with E-state index in [9.17, 15) is 8.42 Å². The van der Waals surface area contributed by atoms with Crippen LogP contribution in [0.25, 0.3) is 0 Å². The zero-order valence-electron chi connectivity index (χ0n) is 10.8. The second-order valence-electron chi connectivity index (χ2n) is 4.01. The molecule has 0 aliphatic heterocycles. The minimum atomic E-state index is -3.52. The molecule has 2 heterocycles. The van der Waals surface area contributed by atoms with E-state index in [4.69, 9.17) is 0 Å². The van der Waals surface area contributed by atoms with Gasteiger partial charge in [0.15, 0.2) is 0 Å². The maximum Gasteiger partial charge on any atom is 0.271 e. The van der Waals surface area contributed by atoms with Gasteiger partial charge in [0.1, 0.15) is 4.21 Å². The second-order valence-corrected chi connectivity index (χ2v) is 7.09. The summed E-state index contributed by atoms with van der Waals surface area (Å²) in [7, 11) is -1.78. The fourth-order valence-corrected chi connectivity index (χ4v) is 3.88. The molecule has 6 nitrogen and oxygen atoms in total. The van der Waals surface area contributed by atoms with Crippen molar-refractivity contribution in [2.45, 2.75) is 17.7 Å². The van der Waals surface area contributed by atoms with Crippen LogP contribution in [-0.2, 0) is 23.6 Å². The van der Waals surface area contributed by atoms with Crippen LogP contribution in [0.4, 0.5) is 5.69 Å². The maximum absolute atomic E-state index is 12.1. The minimum Gasteiger partial charge on any atom is -0.312 e. The summed E-state index contributed by atoms with van der Waals surface area (Å²) in [5.41, 5.74) is 0.462. The molecule has 0 bridgehead atoms. The van der Waals surface area contributed by atoms with Crippen LogP contribution < -0.4 is 10.0 Å².